The first-order valence-electron chi connectivity index (χ1n) is 7.76. The number of likely N-dealkylation sites (tertiary alicyclic amines) is 1. The fourth-order valence-corrected chi connectivity index (χ4v) is 3.11. The molecule has 100 valence electrons. The average molecular weight is 246 g/mol. The SMILES string of the molecule is CCCCC[NH+]1CCC(Cc2ccccc2)CC1. The average Bonchev–Trinajstić information content (AvgIpc) is 2.42. The number of hydrogen-bond donors (Lipinski definition) is 1. The Balaban J connectivity index is 1.67. The molecule has 1 fully saturated rings. The van der Waals surface area contributed by atoms with Crippen LogP contribution >= 0.6 is 0 Å². The summed E-state index contributed by atoms with van der Waals surface area (Å²) in [4.78, 5) is 1.85. The molecule has 1 aromatic rings. The third kappa shape index (κ3) is 4.45. The van der Waals surface area contributed by atoms with Crippen LogP contribution in [0.25, 0.3) is 0 Å². The smallest absolute Gasteiger partial charge is 0.0773 e. The molecule has 0 spiro atoms. The molecule has 1 heterocycles. The van der Waals surface area contributed by atoms with Crippen LogP contribution in [0, 0.1) is 5.92 Å². The molecule has 1 nitrogen and oxygen atoms in total. The normalized spacial score (nSPS) is 24.1. The van der Waals surface area contributed by atoms with Crippen molar-refractivity contribution in [3.05, 3.63) is 35.9 Å². The van der Waals surface area contributed by atoms with Gasteiger partial charge in [0, 0.05) is 0 Å². The summed E-state index contributed by atoms with van der Waals surface area (Å²) in [6.45, 7) is 6.51. The Kier molecular flexibility index (Phi) is 5.73. The van der Waals surface area contributed by atoms with Crippen molar-refractivity contribution in [2.24, 2.45) is 5.92 Å². The molecule has 0 aromatic heterocycles. The van der Waals surface area contributed by atoms with Crippen LogP contribution in [0.15, 0.2) is 30.3 Å². The summed E-state index contributed by atoms with van der Waals surface area (Å²) in [7, 11) is 0. The van der Waals surface area contributed by atoms with Crippen LogP contribution in [-0.2, 0) is 6.42 Å². The number of rotatable bonds is 6. The molecule has 1 saturated heterocycles. The number of hydrogen-bond acceptors (Lipinski definition) is 0. The quantitative estimate of drug-likeness (QED) is 0.736. The summed E-state index contributed by atoms with van der Waals surface area (Å²) < 4.78 is 0. The molecule has 0 radical (unpaired) electrons. The van der Waals surface area contributed by atoms with Gasteiger partial charge in [-0.3, -0.25) is 0 Å². The van der Waals surface area contributed by atoms with E-state index in [0.717, 1.165) is 5.92 Å². The van der Waals surface area contributed by atoms with Gasteiger partial charge in [0.1, 0.15) is 0 Å². The van der Waals surface area contributed by atoms with Crippen molar-refractivity contribution in [2.45, 2.75) is 45.4 Å². The summed E-state index contributed by atoms with van der Waals surface area (Å²) in [5.41, 5.74) is 1.52. The van der Waals surface area contributed by atoms with Crippen LogP contribution in [0.5, 0.6) is 0 Å². The Morgan fingerprint density at radius 1 is 1.06 bits per heavy atom. The van der Waals surface area contributed by atoms with Gasteiger partial charge in [0.05, 0.1) is 19.6 Å². The maximum atomic E-state index is 2.29. The molecule has 0 atom stereocenters. The zero-order valence-corrected chi connectivity index (χ0v) is 11.8. The molecular formula is C17H28N+. The molecule has 18 heavy (non-hydrogen) atoms. The second kappa shape index (κ2) is 7.58. The summed E-state index contributed by atoms with van der Waals surface area (Å²) >= 11 is 0. The maximum Gasteiger partial charge on any atom is 0.0773 e. The molecule has 0 aliphatic carbocycles. The standard InChI is InChI=1S/C17H27N/c1-2-3-7-12-18-13-10-17(11-14-18)15-16-8-5-4-6-9-16/h4-6,8-9,17H,2-3,7,10-15H2,1H3/p+1. The van der Waals surface area contributed by atoms with Gasteiger partial charge in [-0.1, -0.05) is 43.7 Å². The van der Waals surface area contributed by atoms with Crippen molar-refractivity contribution in [3.8, 4) is 0 Å². The number of nitrogens with one attached hydrogen (secondary N) is 1. The predicted molar refractivity (Wildman–Crippen MR) is 78.0 cm³/mol. The van der Waals surface area contributed by atoms with Crippen molar-refractivity contribution in [3.63, 3.8) is 0 Å². The fraction of sp³-hybridized carbons (Fsp3) is 0.647. The molecule has 0 amide bonds. The third-order valence-electron chi connectivity index (χ3n) is 4.31. The van der Waals surface area contributed by atoms with E-state index in [9.17, 15) is 0 Å². The largest absolute Gasteiger partial charge is 0.335 e. The van der Waals surface area contributed by atoms with E-state index in [1.54, 1.807) is 0 Å². The van der Waals surface area contributed by atoms with Gasteiger partial charge in [-0.25, -0.2) is 0 Å². The number of benzene rings is 1. The molecule has 0 unspecified atom stereocenters. The highest BCUT2D eigenvalue weighted by atomic mass is 15.1. The summed E-state index contributed by atoms with van der Waals surface area (Å²) in [6.07, 6.45) is 8.34. The van der Waals surface area contributed by atoms with Gasteiger partial charge < -0.3 is 4.90 Å². The van der Waals surface area contributed by atoms with Crippen molar-refractivity contribution < 1.29 is 4.90 Å². The van der Waals surface area contributed by atoms with E-state index in [1.165, 1.54) is 63.7 Å². The maximum absolute atomic E-state index is 2.29. The summed E-state index contributed by atoms with van der Waals surface area (Å²) in [5, 5.41) is 0. The minimum Gasteiger partial charge on any atom is -0.335 e. The van der Waals surface area contributed by atoms with E-state index in [-0.39, 0.29) is 0 Å². The highest BCUT2D eigenvalue weighted by Crippen LogP contribution is 2.16. The van der Waals surface area contributed by atoms with E-state index in [2.05, 4.69) is 37.3 Å². The Bertz CT molecular complexity index is 312. The van der Waals surface area contributed by atoms with Crippen molar-refractivity contribution >= 4 is 0 Å². The first kappa shape index (κ1) is 13.6. The monoisotopic (exact) mass is 246 g/mol. The van der Waals surface area contributed by atoms with Gasteiger partial charge in [0.25, 0.3) is 0 Å². The molecule has 1 heteroatoms. The minimum atomic E-state index is 0.933. The lowest BCUT2D eigenvalue weighted by Crippen LogP contribution is -3.13. The molecule has 0 saturated carbocycles. The lowest BCUT2D eigenvalue weighted by Gasteiger charge is -2.29. The van der Waals surface area contributed by atoms with E-state index in [0.29, 0.717) is 0 Å². The summed E-state index contributed by atoms with van der Waals surface area (Å²) in [5.74, 6) is 0.933. The predicted octanol–water partition coefficient (Wildman–Crippen LogP) is 2.71. The van der Waals surface area contributed by atoms with Gasteiger partial charge in [-0.05, 0) is 43.6 Å². The van der Waals surface area contributed by atoms with Crippen LogP contribution in [0.1, 0.15) is 44.6 Å². The van der Waals surface area contributed by atoms with Crippen LogP contribution in [0.3, 0.4) is 0 Å². The lowest BCUT2D eigenvalue weighted by atomic mass is 9.90. The zero-order chi connectivity index (χ0) is 12.6. The van der Waals surface area contributed by atoms with Crippen LogP contribution in [-0.4, -0.2) is 19.6 Å². The first-order chi connectivity index (χ1) is 8.88. The Labute approximate surface area is 112 Å². The van der Waals surface area contributed by atoms with E-state index < -0.39 is 0 Å². The Morgan fingerprint density at radius 3 is 2.44 bits per heavy atom. The zero-order valence-electron chi connectivity index (χ0n) is 11.8. The molecular weight excluding hydrogens is 218 g/mol. The molecule has 2 rings (SSSR count). The molecule has 1 N–H and O–H groups in total. The second-order valence-corrected chi connectivity index (χ2v) is 5.84. The summed E-state index contributed by atoms with van der Waals surface area (Å²) in [6, 6.07) is 11.0. The van der Waals surface area contributed by atoms with Crippen LogP contribution < -0.4 is 4.90 Å². The van der Waals surface area contributed by atoms with E-state index >= 15 is 0 Å². The molecule has 0 bridgehead atoms. The number of unbranched alkanes of at least 4 members (excludes halogenated alkanes) is 2. The van der Waals surface area contributed by atoms with Crippen LogP contribution in [0.4, 0.5) is 0 Å². The number of piperidine rings is 1. The number of quaternary nitrogens is 1. The van der Waals surface area contributed by atoms with Gasteiger partial charge in [0.15, 0.2) is 0 Å². The van der Waals surface area contributed by atoms with Crippen LogP contribution in [0.2, 0.25) is 0 Å². The first-order valence-corrected chi connectivity index (χ1v) is 7.76. The van der Waals surface area contributed by atoms with Gasteiger partial charge in [0.2, 0.25) is 0 Å². The molecule has 1 aromatic carbocycles. The Morgan fingerprint density at radius 2 is 1.78 bits per heavy atom. The van der Waals surface area contributed by atoms with Gasteiger partial charge in [-0.2, -0.15) is 0 Å². The van der Waals surface area contributed by atoms with E-state index in [1.807, 2.05) is 4.90 Å². The Hall–Kier alpha value is -0.820. The lowest BCUT2D eigenvalue weighted by molar-refractivity contribution is -0.906. The minimum absolute atomic E-state index is 0.933. The van der Waals surface area contributed by atoms with Gasteiger partial charge in [-0.15, -0.1) is 0 Å². The highest BCUT2D eigenvalue weighted by molar-refractivity contribution is 5.15. The third-order valence-corrected chi connectivity index (χ3v) is 4.31. The topological polar surface area (TPSA) is 4.44 Å². The van der Waals surface area contributed by atoms with Crippen molar-refractivity contribution in [1.29, 1.82) is 0 Å². The molecule has 1 aliphatic rings. The van der Waals surface area contributed by atoms with E-state index in [4.69, 9.17) is 0 Å². The molecule has 1 aliphatic heterocycles. The van der Waals surface area contributed by atoms with Crippen molar-refractivity contribution in [2.75, 3.05) is 19.6 Å². The van der Waals surface area contributed by atoms with Crippen molar-refractivity contribution in [1.82, 2.24) is 0 Å². The second-order valence-electron chi connectivity index (χ2n) is 5.84. The van der Waals surface area contributed by atoms with Gasteiger partial charge >= 0.3 is 0 Å². The highest BCUT2D eigenvalue weighted by Gasteiger charge is 2.21. The fourth-order valence-electron chi connectivity index (χ4n) is 3.11.